The van der Waals surface area contributed by atoms with E-state index in [0.29, 0.717) is 5.69 Å². The topological polar surface area (TPSA) is 270 Å². The van der Waals surface area contributed by atoms with Crippen LogP contribution < -0.4 is 21.8 Å². The molecule has 0 radical (unpaired) electrons. The number of rotatable bonds is 7. The SMILES string of the molecule is Cn1cnc(C[C@H](N)C(=O)N(n2c(N)nc3c(ncn3[C@@H]3O[C@H](CO)C(O)C3O)c2=O)P(=O)(O)O)c1. The molecule has 2 unspecified atom stereocenters. The van der Waals surface area contributed by atoms with Crippen LogP contribution in [-0.4, -0.2) is 90.7 Å². The number of aliphatic hydroxyl groups excluding tert-OH is 3. The lowest BCUT2D eigenvalue weighted by molar-refractivity contribution is -0.120. The number of carbonyl (C=O) groups is 1. The van der Waals surface area contributed by atoms with Crippen LogP contribution in [0.5, 0.6) is 0 Å². The predicted molar refractivity (Wildman–Crippen MR) is 119 cm³/mol. The molecule has 18 nitrogen and oxygen atoms in total. The van der Waals surface area contributed by atoms with Gasteiger partial charge in [-0.25, -0.2) is 14.5 Å². The van der Waals surface area contributed by atoms with Crippen molar-refractivity contribution in [3.63, 3.8) is 0 Å². The number of imidazole rings is 2. The number of ether oxygens (including phenoxy) is 1. The first-order chi connectivity index (χ1) is 16.8. The monoisotopic (exact) mass is 529 g/mol. The summed E-state index contributed by atoms with van der Waals surface area (Å²) in [6.07, 6.45) is -1.66. The van der Waals surface area contributed by atoms with Gasteiger partial charge in [-0.15, -0.1) is 4.78 Å². The standard InChI is InChI=1S/C17H24N9O9P/c1-23-3-7(20-5-23)2-8(18)14(30)26(36(32,33)34)25-15(31)10-13(22-17(25)19)24(6-21-10)16-12(29)11(28)9(4-27)35-16/h3,5-6,8-9,11-12,16,27-29H,2,4,18H2,1H3,(H2,19,22)(H2,32,33,34)/t8-,9+,11?,12?,16+/m0/s1. The molecule has 3 aromatic rings. The van der Waals surface area contributed by atoms with Gasteiger partial charge in [0.05, 0.1) is 31.0 Å². The average Bonchev–Trinajstić information content (AvgIpc) is 3.48. The molecule has 0 bridgehead atoms. The van der Waals surface area contributed by atoms with Gasteiger partial charge in [-0.05, 0) is 0 Å². The third kappa shape index (κ3) is 4.40. The summed E-state index contributed by atoms with van der Waals surface area (Å²) >= 11 is 0. The summed E-state index contributed by atoms with van der Waals surface area (Å²) < 4.78 is 20.3. The number of amides is 1. The number of aryl methyl sites for hydroxylation is 1. The number of aliphatic hydroxyl groups is 3. The zero-order chi connectivity index (χ0) is 26.5. The Labute approximate surface area is 201 Å². The number of nitrogens with zero attached hydrogens (tertiary/aromatic N) is 7. The zero-order valence-corrected chi connectivity index (χ0v) is 19.5. The van der Waals surface area contributed by atoms with E-state index >= 15 is 0 Å². The molecule has 5 atom stereocenters. The normalized spacial score (nSPS) is 23.3. The van der Waals surface area contributed by atoms with Crippen LogP contribution in [-0.2, 0) is 27.6 Å². The van der Waals surface area contributed by atoms with Gasteiger partial charge in [0.15, 0.2) is 17.4 Å². The fraction of sp³-hybridized carbons (Fsp3) is 0.471. The maximum Gasteiger partial charge on any atom is 0.451 e. The number of nitrogen functional groups attached to an aromatic ring is 1. The Morgan fingerprint density at radius 1 is 1.28 bits per heavy atom. The van der Waals surface area contributed by atoms with Gasteiger partial charge in [-0.2, -0.15) is 9.66 Å². The molecule has 3 aromatic heterocycles. The van der Waals surface area contributed by atoms with Gasteiger partial charge in [0, 0.05) is 19.7 Å². The summed E-state index contributed by atoms with van der Waals surface area (Å²) in [5.74, 6) is -2.16. The Bertz CT molecular complexity index is 1400. The van der Waals surface area contributed by atoms with Gasteiger partial charge in [0.1, 0.15) is 18.3 Å². The van der Waals surface area contributed by atoms with Crippen LogP contribution in [0.3, 0.4) is 0 Å². The van der Waals surface area contributed by atoms with Crippen molar-refractivity contribution in [2.45, 2.75) is 37.0 Å². The van der Waals surface area contributed by atoms with Crippen LogP contribution >= 0.6 is 7.75 Å². The predicted octanol–water partition coefficient (Wildman–Crippen LogP) is -4.35. The Morgan fingerprint density at radius 3 is 2.53 bits per heavy atom. The molecule has 1 aliphatic rings. The molecule has 1 fully saturated rings. The summed E-state index contributed by atoms with van der Waals surface area (Å²) in [6.45, 7) is -0.609. The van der Waals surface area contributed by atoms with Crippen molar-refractivity contribution in [2.24, 2.45) is 12.8 Å². The highest BCUT2D eigenvalue weighted by Gasteiger charge is 2.44. The molecule has 0 aromatic carbocycles. The lowest BCUT2D eigenvalue weighted by Crippen LogP contribution is -2.52. The number of hydrogen-bond donors (Lipinski definition) is 7. The van der Waals surface area contributed by atoms with Crippen molar-refractivity contribution < 1.29 is 39.2 Å². The minimum Gasteiger partial charge on any atom is -0.394 e. The fourth-order valence-corrected chi connectivity index (χ4v) is 4.64. The summed E-state index contributed by atoms with van der Waals surface area (Å²) in [5, 5.41) is 29.6. The number of anilines is 1. The van der Waals surface area contributed by atoms with Crippen LogP contribution in [0.1, 0.15) is 11.9 Å². The largest absolute Gasteiger partial charge is 0.451 e. The van der Waals surface area contributed by atoms with Gasteiger partial charge in [0.25, 0.3) is 5.91 Å². The molecule has 36 heavy (non-hydrogen) atoms. The van der Waals surface area contributed by atoms with Crippen LogP contribution in [0.4, 0.5) is 5.95 Å². The van der Waals surface area contributed by atoms with E-state index in [1.807, 2.05) is 0 Å². The van der Waals surface area contributed by atoms with E-state index in [0.717, 1.165) is 10.9 Å². The van der Waals surface area contributed by atoms with Gasteiger partial charge in [0.2, 0.25) is 5.95 Å². The Balaban J connectivity index is 1.76. The third-order valence-corrected chi connectivity index (χ3v) is 6.40. The lowest BCUT2D eigenvalue weighted by Gasteiger charge is -2.27. The van der Waals surface area contributed by atoms with E-state index in [9.17, 15) is 39.3 Å². The zero-order valence-electron chi connectivity index (χ0n) is 18.6. The first-order valence-corrected chi connectivity index (χ1v) is 11.9. The number of nitrogens with two attached hydrogens (primary N) is 2. The number of carbonyl (C=O) groups excluding carboxylic acids is 1. The average molecular weight is 529 g/mol. The van der Waals surface area contributed by atoms with Gasteiger partial charge in [-0.3, -0.25) is 14.2 Å². The van der Waals surface area contributed by atoms with E-state index in [1.165, 1.54) is 6.33 Å². The van der Waals surface area contributed by atoms with Crippen LogP contribution in [0.25, 0.3) is 11.2 Å². The van der Waals surface area contributed by atoms with Crippen molar-refractivity contribution >= 4 is 30.8 Å². The molecule has 9 N–H and O–H groups in total. The second-order valence-electron chi connectivity index (χ2n) is 8.12. The first-order valence-electron chi connectivity index (χ1n) is 10.3. The summed E-state index contributed by atoms with van der Waals surface area (Å²) in [5.41, 5.74) is 10.1. The summed E-state index contributed by atoms with van der Waals surface area (Å²) in [7, 11) is -3.85. The van der Waals surface area contributed by atoms with E-state index in [1.54, 1.807) is 17.8 Å². The molecule has 4 heterocycles. The Morgan fingerprint density at radius 2 is 1.97 bits per heavy atom. The number of hydrogen-bond acceptors (Lipinski definition) is 12. The molecule has 19 heteroatoms. The Hall–Kier alpha value is -3.22. The highest BCUT2D eigenvalue weighted by molar-refractivity contribution is 7.54. The molecule has 0 aliphatic carbocycles. The third-order valence-electron chi connectivity index (χ3n) is 5.53. The van der Waals surface area contributed by atoms with Crippen molar-refractivity contribution in [3.8, 4) is 0 Å². The lowest BCUT2D eigenvalue weighted by atomic mass is 10.1. The molecule has 196 valence electrons. The Kier molecular flexibility index (Phi) is 6.71. The van der Waals surface area contributed by atoms with E-state index in [2.05, 4.69) is 15.0 Å². The minimum absolute atomic E-state index is 0.165. The molecular weight excluding hydrogens is 505 g/mol. The number of fused-ring (bicyclic) bond motifs is 1. The van der Waals surface area contributed by atoms with E-state index in [4.69, 9.17) is 16.2 Å². The maximum atomic E-state index is 13.2. The quantitative estimate of drug-likeness (QED) is 0.143. The van der Waals surface area contributed by atoms with Gasteiger partial charge < -0.3 is 45.9 Å². The van der Waals surface area contributed by atoms with Crippen LogP contribution in [0.2, 0.25) is 0 Å². The molecule has 1 amide bonds. The summed E-state index contributed by atoms with van der Waals surface area (Å²) in [6, 6.07) is -1.52. The van der Waals surface area contributed by atoms with Crippen molar-refractivity contribution in [1.29, 1.82) is 0 Å². The molecule has 4 rings (SSSR count). The molecule has 0 saturated carbocycles. The van der Waals surface area contributed by atoms with Crippen LogP contribution in [0, 0.1) is 0 Å². The van der Waals surface area contributed by atoms with Gasteiger partial charge >= 0.3 is 13.3 Å². The molecule has 1 aliphatic heterocycles. The van der Waals surface area contributed by atoms with E-state index in [-0.39, 0.29) is 21.5 Å². The molecule has 0 spiro atoms. The highest BCUT2D eigenvalue weighted by atomic mass is 31.2. The van der Waals surface area contributed by atoms with Crippen molar-refractivity contribution in [2.75, 3.05) is 17.1 Å². The smallest absolute Gasteiger partial charge is 0.394 e. The minimum atomic E-state index is -5.52. The highest BCUT2D eigenvalue weighted by Crippen LogP contribution is 2.39. The van der Waals surface area contributed by atoms with E-state index < -0.39 is 67.9 Å². The van der Waals surface area contributed by atoms with Crippen molar-refractivity contribution in [3.05, 3.63) is 34.9 Å². The second kappa shape index (κ2) is 9.34. The first kappa shape index (κ1) is 25.9. The van der Waals surface area contributed by atoms with Crippen molar-refractivity contribution in [1.82, 2.24) is 28.8 Å². The fourth-order valence-electron chi connectivity index (χ4n) is 3.83. The molecule has 1 saturated heterocycles. The second-order valence-corrected chi connectivity index (χ2v) is 9.53. The molecular formula is C17H24N9O9P. The van der Waals surface area contributed by atoms with Gasteiger partial charge in [-0.1, -0.05) is 0 Å². The maximum absolute atomic E-state index is 13.2. The summed E-state index contributed by atoms with van der Waals surface area (Å²) in [4.78, 5) is 57.8. The number of aromatic nitrogens is 6. The van der Waals surface area contributed by atoms with Crippen LogP contribution in [0.15, 0.2) is 23.6 Å².